The van der Waals surface area contributed by atoms with Gasteiger partial charge in [-0.25, -0.2) is 0 Å². The molecule has 0 aliphatic carbocycles. The Morgan fingerprint density at radius 3 is 2.59 bits per heavy atom. The Morgan fingerprint density at radius 2 is 2.00 bits per heavy atom. The molecule has 1 aromatic carbocycles. The summed E-state index contributed by atoms with van der Waals surface area (Å²) in [5, 5.41) is 2.78. The number of unbranched alkanes of at least 4 members (excludes halogenated alkanes) is 1. The lowest BCUT2D eigenvalue weighted by Crippen LogP contribution is -2.22. The lowest BCUT2D eigenvalue weighted by atomic mass is 10.1. The summed E-state index contributed by atoms with van der Waals surface area (Å²) in [5.41, 5.74) is 1.21. The number of carbonyl (C=O) groups excluding carboxylic acids is 1. The van der Waals surface area contributed by atoms with Crippen molar-refractivity contribution in [1.29, 1.82) is 0 Å². The normalized spacial score (nSPS) is 10.0. The molecule has 0 aromatic heterocycles. The zero-order chi connectivity index (χ0) is 12.5. The number of rotatable bonds is 7. The predicted octanol–water partition coefficient (Wildman–Crippen LogP) is 2.54. The first-order valence-corrected chi connectivity index (χ1v) is 6.18. The minimum atomic E-state index is 0.0181. The Hall–Kier alpha value is -1.51. The van der Waals surface area contributed by atoms with Gasteiger partial charge in [-0.05, 0) is 30.5 Å². The Balaban J connectivity index is 2.31. The number of amides is 1. The average molecular weight is 235 g/mol. The summed E-state index contributed by atoms with van der Waals surface area (Å²) >= 11 is 0. The third-order valence-corrected chi connectivity index (χ3v) is 2.48. The molecule has 17 heavy (non-hydrogen) atoms. The molecule has 94 valence electrons. The van der Waals surface area contributed by atoms with Crippen molar-refractivity contribution in [3.8, 4) is 5.75 Å². The minimum absolute atomic E-state index is 0.0181. The van der Waals surface area contributed by atoms with E-state index in [1.165, 1.54) is 12.5 Å². The van der Waals surface area contributed by atoms with Crippen LogP contribution in [0.4, 0.5) is 0 Å². The second-order valence-corrected chi connectivity index (χ2v) is 4.08. The summed E-state index contributed by atoms with van der Waals surface area (Å²) in [4.78, 5) is 10.7. The van der Waals surface area contributed by atoms with Gasteiger partial charge in [-0.15, -0.1) is 0 Å². The predicted molar refractivity (Wildman–Crippen MR) is 69.2 cm³/mol. The van der Waals surface area contributed by atoms with Crippen molar-refractivity contribution in [2.24, 2.45) is 0 Å². The van der Waals surface area contributed by atoms with Crippen molar-refractivity contribution in [3.05, 3.63) is 29.8 Å². The second-order valence-electron chi connectivity index (χ2n) is 4.08. The maximum absolute atomic E-state index is 10.7. The van der Waals surface area contributed by atoms with Crippen molar-refractivity contribution < 1.29 is 9.53 Å². The second kappa shape index (κ2) is 7.71. The number of hydrogen-bond acceptors (Lipinski definition) is 2. The van der Waals surface area contributed by atoms with Crippen molar-refractivity contribution in [1.82, 2.24) is 5.32 Å². The number of hydrogen-bond donors (Lipinski definition) is 1. The third kappa shape index (κ3) is 5.95. The van der Waals surface area contributed by atoms with Gasteiger partial charge in [0.05, 0.1) is 6.61 Å². The van der Waals surface area contributed by atoms with Gasteiger partial charge in [0.25, 0.3) is 0 Å². The largest absolute Gasteiger partial charge is 0.494 e. The number of ether oxygens (including phenoxy) is 1. The van der Waals surface area contributed by atoms with E-state index in [4.69, 9.17) is 4.74 Å². The maximum Gasteiger partial charge on any atom is 0.216 e. The molecule has 3 heteroatoms. The molecule has 1 rings (SSSR count). The van der Waals surface area contributed by atoms with Crippen LogP contribution < -0.4 is 10.1 Å². The quantitative estimate of drug-likeness (QED) is 0.738. The van der Waals surface area contributed by atoms with Crippen molar-refractivity contribution in [2.45, 2.75) is 33.1 Å². The Morgan fingerprint density at radius 1 is 1.29 bits per heavy atom. The average Bonchev–Trinajstić information content (AvgIpc) is 2.31. The molecule has 0 radical (unpaired) electrons. The molecule has 0 bridgehead atoms. The summed E-state index contributed by atoms with van der Waals surface area (Å²) in [6.45, 7) is 5.15. The van der Waals surface area contributed by atoms with Crippen LogP contribution in [0, 0.1) is 0 Å². The zero-order valence-electron chi connectivity index (χ0n) is 10.7. The van der Waals surface area contributed by atoms with E-state index in [9.17, 15) is 4.79 Å². The molecule has 1 N–H and O–H groups in total. The highest BCUT2D eigenvalue weighted by Crippen LogP contribution is 2.12. The van der Waals surface area contributed by atoms with Crippen LogP contribution in [0.25, 0.3) is 0 Å². The van der Waals surface area contributed by atoms with Gasteiger partial charge in [-0.1, -0.05) is 25.5 Å². The van der Waals surface area contributed by atoms with Crippen LogP contribution in [-0.2, 0) is 11.2 Å². The molecule has 0 unspecified atom stereocenters. The van der Waals surface area contributed by atoms with Crippen molar-refractivity contribution in [3.63, 3.8) is 0 Å². The monoisotopic (exact) mass is 235 g/mol. The van der Waals surface area contributed by atoms with Gasteiger partial charge in [-0.3, -0.25) is 4.79 Å². The van der Waals surface area contributed by atoms with Gasteiger partial charge in [0.2, 0.25) is 5.91 Å². The van der Waals surface area contributed by atoms with Gasteiger partial charge < -0.3 is 10.1 Å². The molecule has 0 aliphatic heterocycles. The standard InChI is InChI=1S/C14H21NO2/c1-3-4-11-17-14-7-5-13(6-8-14)9-10-15-12(2)16/h5-8H,3-4,9-11H2,1-2H3,(H,15,16). The lowest BCUT2D eigenvalue weighted by molar-refractivity contribution is -0.118. The first-order valence-electron chi connectivity index (χ1n) is 6.18. The van der Waals surface area contributed by atoms with Crippen molar-refractivity contribution in [2.75, 3.05) is 13.2 Å². The minimum Gasteiger partial charge on any atom is -0.494 e. The highest BCUT2D eigenvalue weighted by Gasteiger charge is 1.96. The van der Waals surface area contributed by atoms with E-state index >= 15 is 0 Å². The molecule has 0 spiro atoms. The summed E-state index contributed by atoms with van der Waals surface area (Å²) in [5.74, 6) is 0.936. The van der Waals surface area contributed by atoms with E-state index in [0.29, 0.717) is 6.54 Å². The molecule has 0 saturated heterocycles. The van der Waals surface area contributed by atoms with Gasteiger partial charge in [-0.2, -0.15) is 0 Å². The summed E-state index contributed by atoms with van der Waals surface area (Å²) in [6, 6.07) is 8.06. The van der Waals surface area contributed by atoms with E-state index in [1.807, 2.05) is 24.3 Å². The summed E-state index contributed by atoms with van der Waals surface area (Å²) in [7, 11) is 0. The van der Waals surface area contributed by atoms with E-state index in [0.717, 1.165) is 31.6 Å². The highest BCUT2D eigenvalue weighted by atomic mass is 16.5. The van der Waals surface area contributed by atoms with Gasteiger partial charge in [0.1, 0.15) is 5.75 Å². The van der Waals surface area contributed by atoms with Crippen LogP contribution >= 0.6 is 0 Å². The van der Waals surface area contributed by atoms with E-state index in [-0.39, 0.29) is 5.91 Å². The first-order chi connectivity index (χ1) is 8.22. The molecule has 0 fully saturated rings. The Kier molecular flexibility index (Phi) is 6.15. The topological polar surface area (TPSA) is 38.3 Å². The molecule has 0 saturated carbocycles. The Labute approximate surface area is 103 Å². The van der Waals surface area contributed by atoms with Gasteiger partial charge in [0, 0.05) is 13.5 Å². The smallest absolute Gasteiger partial charge is 0.216 e. The molecule has 0 atom stereocenters. The molecular weight excluding hydrogens is 214 g/mol. The number of nitrogens with one attached hydrogen (secondary N) is 1. The van der Waals surface area contributed by atoms with Crippen LogP contribution in [-0.4, -0.2) is 19.1 Å². The van der Waals surface area contributed by atoms with Crippen LogP contribution in [0.1, 0.15) is 32.3 Å². The summed E-state index contributed by atoms with van der Waals surface area (Å²) in [6.07, 6.45) is 3.09. The van der Waals surface area contributed by atoms with Crippen molar-refractivity contribution >= 4 is 5.91 Å². The third-order valence-electron chi connectivity index (χ3n) is 2.48. The number of carbonyl (C=O) groups is 1. The number of benzene rings is 1. The highest BCUT2D eigenvalue weighted by molar-refractivity contribution is 5.72. The Bertz CT molecular complexity index is 333. The van der Waals surface area contributed by atoms with Gasteiger partial charge in [0.15, 0.2) is 0 Å². The van der Waals surface area contributed by atoms with Crippen LogP contribution in [0.15, 0.2) is 24.3 Å². The molecular formula is C14H21NO2. The fraction of sp³-hybridized carbons (Fsp3) is 0.500. The molecule has 3 nitrogen and oxygen atoms in total. The van der Waals surface area contributed by atoms with E-state index < -0.39 is 0 Å². The maximum atomic E-state index is 10.7. The fourth-order valence-corrected chi connectivity index (χ4v) is 1.47. The molecule has 0 heterocycles. The molecule has 1 aromatic rings. The van der Waals surface area contributed by atoms with Crippen LogP contribution in [0.2, 0.25) is 0 Å². The molecule has 1 amide bonds. The molecule has 0 aliphatic rings. The van der Waals surface area contributed by atoms with E-state index in [2.05, 4.69) is 12.2 Å². The zero-order valence-corrected chi connectivity index (χ0v) is 10.7. The van der Waals surface area contributed by atoms with Crippen LogP contribution in [0.5, 0.6) is 5.75 Å². The van der Waals surface area contributed by atoms with E-state index in [1.54, 1.807) is 0 Å². The first kappa shape index (κ1) is 13.6. The summed E-state index contributed by atoms with van der Waals surface area (Å²) < 4.78 is 5.57. The van der Waals surface area contributed by atoms with Gasteiger partial charge >= 0.3 is 0 Å². The van der Waals surface area contributed by atoms with Crippen LogP contribution in [0.3, 0.4) is 0 Å². The fourth-order valence-electron chi connectivity index (χ4n) is 1.47. The SMILES string of the molecule is CCCCOc1ccc(CCNC(C)=O)cc1. The lowest BCUT2D eigenvalue weighted by Gasteiger charge is -2.06.